The van der Waals surface area contributed by atoms with Crippen LogP contribution >= 0.6 is 22.9 Å². The van der Waals surface area contributed by atoms with Crippen LogP contribution in [0.25, 0.3) is 32.6 Å². The maximum atomic E-state index is 12.6. The van der Waals surface area contributed by atoms with Gasteiger partial charge >= 0.3 is 5.51 Å². The largest absolute Gasteiger partial charge is 0.497 e. The quantitative estimate of drug-likeness (QED) is 0.362. The normalized spacial score (nSPS) is 12.4. The fourth-order valence-electron chi connectivity index (χ4n) is 2.97. The second kappa shape index (κ2) is 7.64. The summed E-state index contributed by atoms with van der Waals surface area (Å²) in [6.07, 6.45) is 3.48. The van der Waals surface area contributed by atoms with Gasteiger partial charge in [0.15, 0.2) is 0 Å². The predicted octanol–water partition coefficient (Wildman–Crippen LogP) is 6.11. The highest BCUT2D eigenvalue weighted by molar-refractivity contribution is 7.91. The average Bonchev–Trinajstić information content (AvgIpc) is 3.16. The van der Waals surface area contributed by atoms with Crippen LogP contribution in [0.1, 0.15) is 5.56 Å². The highest BCUT2D eigenvalue weighted by atomic mass is 35.5. The number of alkyl halides is 3. The first-order chi connectivity index (χ1) is 14.2. The molecule has 0 saturated carbocycles. The van der Waals surface area contributed by atoms with E-state index in [4.69, 9.17) is 11.6 Å². The van der Waals surface area contributed by atoms with Gasteiger partial charge in [0.2, 0.25) is 0 Å². The molecule has 0 fully saturated rings. The van der Waals surface area contributed by atoms with Crippen molar-refractivity contribution in [3.8, 4) is 21.8 Å². The Morgan fingerprint density at radius 3 is 2.53 bits per heavy atom. The lowest BCUT2D eigenvalue weighted by Gasteiger charge is -2.09. The molecule has 0 bridgehead atoms. The summed E-state index contributed by atoms with van der Waals surface area (Å²) in [6.45, 7) is 0. The molecule has 0 saturated heterocycles. The van der Waals surface area contributed by atoms with Crippen molar-refractivity contribution in [3.05, 3.63) is 70.8 Å². The number of hydrogen-bond donors (Lipinski definition) is 0. The minimum atomic E-state index is -5.31. The zero-order valence-corrected chi connectivity index (χ0v) is 17.4. The van der Waals surface area contributed by atoms with E-state index in [0.29, 0.717) is 16.3 Å². The third kappa shape index (κ3) is 3.92. The maximum Gasteiger partial charge on any atom is 0.497 e. The molecule has 0 atom stereocenters. The zero-order valence-electron chi connectivity index (χ0n) is 15.0. The van der Waals surface area contributed by atoms with E-state index >= 15 is 0 Å². The van der Waals surface area contributed by atoms with Crippen molar-refractivity contribution in [2.24, 2.45) is 0 Å². The van der Waals surface area contributed by atoms with Crippen LogP contribution in [0.3, 0.4) is 0 Å². The summed E-state index contributed by atoms with van der Waals surface area (Å²) in [7, 11) is -5.28. The molecular formula is C20H12ClF3N2O2S2. The Hall–Kier alpha value is -2.49. The summed E-state index contributed by atoms with van der Waals surface area (Å²) in [5, 5.41) is 4.59. The summed E-state index contributed by atoms with van der Waals surface area (Å²) >= 11 is 7.62. The van der Waals surface area contributed by atoms with Crippen molar-refractivity contribution in [2.45, 2.75) is 11.3 Å². The van der Waals surface area contributed by atoms with Gasteiger partial charge in [-0.2, -0.15) is 13.2 Å². The molecule has 4 aromatic rings. The first kappa shape index (κ1) is 20.8. The molecule has 2 heterocycles. The Kier molecular flexibility index (Phi) is 5.29. The molecule has 2 aromatic heterocycles. The maximum absolute atomic E-state index is 12.6. The molecule has 0 aliphatic carbocycles. The summed E-state index contributed by atoms with van der Waals surface area (Å²) in [6, 6.07) is 11.8. The smallest absolute Gasteiger partial charge is 0.263 e. The Morgan fingerprint density at radius 2 is 1.80 bits per heavy atom. The highest BCUT2D eigenvalue weighted by Crippen LogP contribution is 2.36. The molecule has 30 heavy (non-hydrogen) atoms. The number of sulfone groups is 1. The van der Waals surface area contributed by atoms with Gasteiger partial charge in [-0.15, -0.1) is 11.3 Å². The zero-order chi connectivity index (χ0) is 21.5. The topological polar surface area (TPSA) is 59.9 Å². The fraction of sp³-hybridized carbons (Fsp3) is 0.100. The fourth-order valence-corrected chi connectivity index (χ4v) is 4.89. The van der Waals surface area contributed by atoms with Crippen LogP contribution in [0.15, 0.2) is 60.2 Å². The Morgan fingerprint density at radius 1 is 1.03 bits per heavy atom. The van der Waals surface area contributed by atoms with Crippen LogP contribution in [0.5, 0.6) is 0 Å². The van der Waals surface area contributed by atoms with Crippen molar-refractivity contribution in [2.75, 3.05) is 0 Å². The van der Waals surface area contributed by atoms with E-state index in [-0.39, 0.29) is 10.6 Å². The molecule has 0 amide bonds. The van der Waals surface area contributed by atoms with Crippen LogP contribution in [-0.4, -0.2) is 23.9 Å². The van der Waals surface area contributed by atoms with Gasteiger partial charge in [-0.05, 0) is 17.0 Å². The first-order valence-corrected chi connectivity index (χ1v) is 11.4. The predicted molar refractivity (Wildman–Crippen MR) is 112 cm³/mol. The second-order valence-electron chi connectivity index (χ2n) is 6.47. The monoisotopic (exact) mass is 468 g/mol. The number of thiazole rings is 1. The summed E-state index contributed by atoms with van der Waals surface area (Å²) in [5.74, 6) is -1.17. The molecule has 0 spiro atoms. The molecule has 0 aliphatic heterocycles. The van der Waals surface area contributed by atoms with Crippen LogP contribution < -0.4 is 0 Å². The number of aromatic nitrogens is 2. The Labute approximate surface area is 178 Å². The van der Waals surface area contributed by atoms with Crippen molar-refractivity contribution >= 4 is 43.5 Å². The molecule has 0 unspecified atom stereocenters. The Balaban J connectivity index is 1.67. The van der Waals surface area contributed by atoms with Gasteiger partial charge in [0.25, 0.3) is 9.84 Å². The van der Waals surface area contributed by atoms with E-state index in [0.717, 1.165) is 16.3 Å². The van der Waals surface area contributed by atoms with E-state index in [1.54, 1.807) is 17.8 Å². The Bertz CT molecular complexity index is 1350. The molecule has 0 aliphatic rings. The lowest BCUT2D eigenvalue weighted by atomic mass is 10.1. The highest BCUT2D eigenvalue weighted by Gasteiger charge is 2.45. The van der Waals surface area contributed by atoms with Crippen molar-refractivity contribution in [3.63, 3.8) is 0 Å². The molecule has 2 aromatic carbocycles. The summed E-state index contributed by atoms with van der Waals surface area (Å²) < 4.78 is 60.6. The van der Waals surface area contributed by atoms with Crippen molar-refractivity contribution in [1.82, 2.24) is 9.97 Å². The van der Waals surface area contributed by atoms with Crippen LogP contribution in [-0.2, 0) is 15.6 Å². The van der Waals surface area contributed by atoms with Crippen LogP contribution in [0.4, 0.5) is 13.2 Å². The summed E-state index contributed by atoms with van der Waals surface area (Å²) in [5.41, 5.74) is -3.46. The number of halogens is 4. The van der Waals surface area contributed by atoms with Gasteiger partial charge in [0.05, 0.1) is 16.5 Å². The van der Waals surface area contributed by atoms with Crippen molar-refractivity contribution in [1.29, 1.82) is 0 Å². The number of rotatable bonds is 4. The van der Waals surface area contributed by atoms with Gasteiger partial charge in [0, 0.05) is 34.3 Å². The van der Waals surface area contributed by atoms with Gasteiger partial charge in [-0.1, -0.05) is 48.0 Å². The SMILES string of the molecule is O=S(=O)(Cc1ccc(-c2csc(-c3cncc4ccccc34)n2)c(Cl)c1)C(F)(F)F. The average molecular weight is 469 g/mol. The molecule has 154 valence electrons. The van der Waals surface area contributed by atoms with E-state index in [1.165, 1.54) is 29.5 Å². The third-order valence-corrected chi connectivity index (χ3v) is 7.03. The van der Waals surface area contributed by atoms with Crippen LogP contribution in [0, 0.1) is 0 Å². The first-order valence-electron chi connectivity index (χ1n) is 8.52. The summed E-state index contributed by atoms with van der Waals surface area (Å²) in [4.78, 5) is 8.85. The van der Waals surface area contributed by atoms with E-state index < -0.39 is 21.1 Å². The number of nitrogens with zero attached hydrogens (tertiary/aromatic N) is 2. The van der Waals surface area contributed by atoms with Crippen LogP contribution in [0.2, 0.25) is 5.02 Å². The number of benzene rings is 2. The standard InChI is InChI=1S/C20H12ClF3N2O2S2/c21-17-7-12(11-30(27,28)20(22,23)24)5-6-15(17)18-10-29-19(26-18)16-9-25-8-13-3-1-2-4-14(13)16/h1-10H,11H2. The van der Waals surface area contributed by atoms with Gasteiger partial charge in [-0.3, -0.25) is 4.98 Å². The molecule has 4 rings (SSSR count). The third-order valence-electron chi connectivity index (χ3n) is 4.42. The lowest BCUT2D eigenvalue weighted by Crippen LogP contribution is -2.24. The van der Waals surface area contributed by atoms with E-state index in [2.05, 4.69) is 9.97 Å². The van der Waals surface area contributed by atoms with Gasteiger partial charge in [0.1, 0.15) is 5.01 Å². The lowest BCUT2D eigenvalue weighted by molar-refractivity contribution is -0.0437. The minimum absolute atomic E-state index is 0.0465. The second-order valence-corrected chi connectivity index (χ2v) is 9.71. The van der Waals surface area contributed by atoms with Gasteiger partial charge < -0.3 is 0 Å². The minimum Gasteiger partial charge on any atom is -0.263 e. The molecule has 4 nitrogen and oxygen atoms in total. The van der Waals surface area contributed by atoms with Crippen molar-refractivity contribution < 1.29 is 21.6 Å². The molecule has 10 heteroatoms. The van der Waals surface area contributed by atoms with E-state index in [1.807, 2.05) is 24.3 Å². The molecule has 0 N–H and O–H groups in total. The molecule has 0 radical (unpaired) electrons. The number of hydrogen-bond acceptors (Lipinski definition) is 5. The molecular weight excluding hydrogens is 457 g/mol. The number of fused-ring (bicyclic) bond motifs is 1. The van der Waals surface area contributed by atoms with E-state index in [9.17, 15) is 21.6 Å². The van der Waals surface area contributed by atoms with Gasteiger partial charge in [-0.25, -0.2) is 13.4 Å². The number of pyridine rings is 1.